The highest BCUT2D eigenvalue weighted by atomic mass is 19.2. The molecule has 3 unspecified atom stereocenters. The molecule has 0 radical (unpaired) electrons. The summed E-state index contributed by atoms with van der Waals surface area (Å²) in [6.45, 7) is 3.45. The summed E-state index contributed by atoms with van der Waals surface area (Å²) in [4.78, 5) is 51.6. The number of primary amides is 1. The Labute approximate surface area is 259 Å². The molecule has 1 aromatic carbocycles. The number of rotatable bonds is 14. The Balaban J connectivity index is 1.01. The summed E-state index contributed by atoms with van der Waals surface area (Å²) in [5.41, 5.74) is 5.86. The molecular formula is C32H35FN6O6. The molecule has 2 aliphatic heterocycles. The number of imide groups is 1. The monoisotopic (exact) mass is 618 g/mol. The molecular weight excluding hydrogens is 583 g/mol. The van der Waals surface area contributed by atoms with Crippen molar-refractivity contribution >= 4 is 40.3 Å². The van der Waals surface area contributed by atoms with E-state index >= 15 is 4.39 Å². The second kappa shape index (κ2) is 13.6. The number of benzene rings is 1. The number of anilines is 1. The fourth-order valence-corrected chi connectivity index (χ4v) is 5.23. The van der Waals surface area contributed by atoms with Crippen LogP contribution >= 0.6 is 0 Å². The van der Waals surface area contributed by atoms with Gasteiger partial charge in [-0.05, 0) is 50.3 Å². The molecule has 3 N–H and O–H groups in total. The van der Waals surface area contributed by atoms with Crippen molar-refractivity contribution in [2.24, 2.45) is 16.1 Å². The third-order valence-corrected chi connectivity index (χ3v) is 7.54. The van der Waals surface area contributed by atoms with Crippen molar-refractivity contribution in [1.82, 2.24) is 14.9 Å². The van der Waals surface area contributed by atoms with Crippen LogP contribution in [0.15, 0.2) is 72.0 Å². The SMILES string of the molecule is CC(CN1C(=O)c2ccccc2C1=O)OCCOCCOC(C)(F)CC1(C(N)=O)C=CC(Nc2ccc3cnccc3n2)=NC1. The van der Waals surface area contributed by atoms with Gasteiger partial charge < -0.3 is 25.3 Å². The van der Waals surface area contributed by atoms with Crippen LogP contribution in [-0.4, -0.2) is 89.9 Å². The van der Waals surface area contributed by atoms with E-state index in [4.69, 9.17) is 19.9 Å². The first-order valence-corrected chi connectivity index (χ1v) is 14.6. The summed E-state index contributed by atoms with van der Waals surface area (Å²) >= 11 is 0. The minimum absolute atomic E-state index is 0.0612. The molecule has 2 aromatic heterocycles. The molecule has 0 fully saturated rings. The Morgan fingerprint density at radius 1 is 1.11 bits per heavy atom. The molecule has 0 saturated carbocycles. The number of aromatic nitrogens is 2. The van der Waals surface area contributed by atoms with Gasteiger partial charge in [0.25, 0.3) is 11.8 Å². The topological polar surface area (TPSA) is 158 Å². The van der Waals surface area contributed by atoms with Crippen LogP contribution in [-0.2, 0) is 19.0 Å². The summed E-state index contributed by atoms with van der Waals surface area (Å²) < 4.78 is 32.0. The molecule has 3 amide bonds. The molecule has 5 rings (SSSR count). The first kappa shape index (κ1) is 31.8. The number of nitrogens with one attached hydrogen (secondary N) is 1. The van der Waals surface area contributed by atoms with Gasteiger partial charge >= 0.3 is 0 Å². The average molecular weight is 619 g/mol. The highest BCUT2D eigenvalue weighted by Gasteiger charge is 2.44. The molecule has 45 heavy (non-hydrogen) atoms. The number of carbonyl (C=O) groups excluding carboxylic acids is 3. The number of amides is 3. The number of aliphatic imine (C=N–C) groups is 1. The number of fused-ring (bicyclic) bond motifs is 2. The zero-order valence-electron chi connectivity index (χ0n) is 25.1. The van der Waals surface area contributed by atoms with Crippen molar-refractivity contribution in [1.29, 1.82) is 0 Å². The Morgan fingerprint density at radius 3 is 2.53 bits per heavy atom. The maximum atomic E-state index is 15.4. The van der Waals surface area contributed by atoms with Crippen molar-refractivity contribution in [3.63, 3.8) is 0 Å². The maximum absolute atomic E-state index is 15.4. The van der Waals surface area contributed by atoms with Crippen LogP contribution in [0, 0.1) is 5.41 Å². The normalized spacial score (nSPS) is 19.7. The Morgan fingerprint density at radius 2 is 1.84 bits per heavy atom. The van der Waals surface area contributed by atoms with Crippen LogP contribution in [0.3, 0.4) is 0 Å². The van der Waals surface area contributed by atoms with Crippen molar-refractivity contribution in [2.45, 2.75) is 32.2 Å². The van der Waals surface area contributed by atoms with Gasteiger partial charge in [0, 0.05) is 24.2 Å². The summed E-state index contributed by atoms with van der Waals surface area (Å²) in [5, 5.41) is 3.99. The zero-order chi connectivity index (χ0) is 32.0. The standard InChI is InChI=1S/C32H35FN6O6/c1-21(18-39-28(40)23-5-3-4-6-24(23)29(39)41)44-15-13-43-14-16-45-31(2,33)19-32(30(34)42)11-9-26(36-20-32)38-27-8-7-22-17-35-12-10-25(22)37-27/h3-12,17,21H,13-16,18-20H2,1-2H3,(H2,34,42)(H,36,37,38). The number of nitrogens with two attached hydrogens (primary N) is 1. The third-order valence-electron chi connectivity index (χ3n) is 7.54. The lowest BCUT2D eigenvalue weighted by Gasteiger charge is -2.34. The van der Waals surface area contributed by atoms with Crippen LogP contribution in [0.1, 0.15) is 41.0 Å². The van der Waals surface area contributed by atoms with Crippen LogP contribution in [0.2, 0.25) is 0 Å². The van der Waals surface area contributed by atoms with Gasteiger partial charge in [0.2, 0.25) is 11.8 Å². The summed E-state index contributed by atoms with van der Waals surface area (Å²) in [7, 11) is 0. The van der Waals surface area contributed by atoms with E-state index in [1.54, 1.807) is 67.9 Å². The smallest absolute Gasteiger partial charge is 0.261 e. The minimum Gasteiger partial charge on any atom is -0.377 e. The number of amidine groups is 1. The Hall–Kier alpha value is -4.59. The summed E-state index contributed by atoms with van der Waals surface area (Å²) in [6.07, 6.45) is 5.77. The van der Waals surface area contributed by atoms with Crippen LogP contribution in [0.5, 0.6) is 0 Å². The van der Waals surface area contributed by atoms with E-state index in [1.165, 1.54) is 11.8 Å². The van der Waals surface area contributed by atoms with Crippen molar-refractivity contribution in [3.05, 3.63) is 78.1 Å². The second-order valence-corrected chi connectivity index (χ2v) is 11.1. The molecule has 13 heteroatoms. The molecule has 2 aliphatic rings. The highest BCUT2D eigenvalue weighted by molar-refractivity contribution is 6.21. The van der Waals surface area contributed by atoms with E-state index < -0.39 is 23.3 Å². The molecule has 0 bridgehead atoms. The van der Waals surface area contributed by atoms with E-state index in [9.17, 15) is 14.4 Å². The van der Waals surface area contributed by atoms with Crippen molar-refractivity contribution in [3.8, 4) is 0 Å². The van der Waals surface area contributed by atoms with Gasteiger partial charge in [-0.3, -0.25) is 29.3 Å². The molecule has 0 aliphatic carbocycles. The number of ether oxygens (including phenoxy) is 3. The first-order chi connectivity index (χ1) is 21.6. The number of halogens is 1. The fraction of sp³-hybridized carbons (Fsp3) is 0.375. The van der Waals surface area contributed by atoms with E-state index in [-0.39, 0.29) is 57.8 Å². The van der Waals surface area contributed by atoms with Gasteiger partial charge in [-0.15, -0.1) is 0 Å². The van der Waals surface area contributed by atoms with Crippen LogP contribution < -0.4 is 11.1 Å². The summed E-state index contributed by atoms with van der Waals surface area (Å²) in [5.74, 6) is -2.55. The lowest BCUT2D eigenvalue weighted by molar-refractivity contribution is -0.165. The molecule has 3 atom stereocenters. The van der Waals surface area contributed by atoms with Gasteiger partial charge in [0.15, 0.2) is 0 Å². The number of nitrogens with zero attached hydrogens (tertiary/aromatic N) is 4. The predicted molar refractivity (Wildman–Crippen MR) is 164 cm³/mol. The summed E-state index contributed by atoms with van der Waals surface area (Å²) in [6, 6.07) is 12.2. The minimum atomic E-state index is -2.19. The lowest BCUT2D eigenvalue weighted by atomic mass is 9.79. The number of pyridine rings is 2. The molecule has 236 valence electrons. The van der Waals surface area contributed by atoms with E-state index in [0.29, 0.717) is 22.8 Å². The number of hydrogen-bond donors (Lipinski definition) is 2. The van der Waals surface area contributed by atoms with Gasteiger partial charge in [-0.2, -0.15) is 0 Å². The van der Waals surface area contributed by atoms with Gasteiger partial charge in [0.1, 0.15) is 11.7 Å². The van der Waals surface area contributed by atoms with Crippen molar-refractivity contribution < 1.29 is 33.0 Å². The van der Waals surface area contributed by atoms with Gasteiger partial charge in [0.05, 0.1) is 67.7 Å². The number of dihydropyridines is 1. The molecule has 0 saturated heterocycles. The van der Waals surface area contributed by atoms with Crippen LogP contribution in [0.25, 0.3) is 10.9 Å². The number of hydrogen-bond acceptors (Lipinski definition) is 10. The third kappa shape index (κ3) is 7.56. The quantitative estimate of drug-likeness (QED) is 0.204. The zero-order valence-corrected chi connectivity index (χ0v) is 25.1. The second-order valence-electron chi connectivity index (χ2n) is 11.1. The Bertz CT molecular complexity index is 1610. The molecule has 4 heterocycles. The van der Waals surface area contributed by atoms with Crippen molar-refractivity contribution in [2.75, 3.05) is 44.8 Å². The first-order valence-electron chi connectivity index (χ1n) is 14.6. The fourth-order valence-electron chi connectivity index (χ4n) is 5.23. The van der Waals surface area contributed by atoms with Gasteiger partial charge in [-0.1, -0.05) is 18.2 Å². The van der Waals surface area contributed by atoms with Crippen LogP contribution in [0.4, 0.5) is 10.2 Å². The number of alkyl halides is 1. The predicted octanol–water partition coefficient (Wildman–Crippen LogP) is 3.29. The van der Waals surface area contributed by atoms with E-state index in [1.807, 2.05) is 6.07 Å². The lowest BCUT2D eigenvalue weighted by Crippen LogP contribution is -2.45. The Kier molecular flexibility index (Phi) is 9.61. The highest BCUT2D eigenvalue weighted by Crippen LogP contribution is 2.35. The van der Waals surface area contributed by atoms with E-state index in [2.05, 4.69) is 20.3 Å². The molecule has 3 aromatic rings. The van der Waals surface area contributed by atoms with Gasteiger partial charge in [-0.25, -0.2) is 9.37 Å². The maximum Gasteiger partial charge on any atom is 0.261 e. The number of carbonyl (C=O) groups is 3. The molecule has 0 spiro atoms. The largest absolute Gasteiger partial charge is 0.377 e. The average Bonchev–Trinajstić information content (AvgIpc) is 3.26. The molecule has 12 nitrogen and oxygen atoms in total. The van der Waals surface area contributed by atoms with E-state index in [0.717, 1.165) is 10.9 Å².